The molecule has 1 fully saturated rings. The smallest absolute Gasteiger partial charge is 0.245 e. The Hall–Kier alpha value is -3.56. The molecule has 0 saturated carbocycles. The second-order valence-corrected chi connectivity index (χ2v) is 7.55. The Bertz CT molecular complexity index is 1060. The number of hydrogen-bond donors (Lipinski definition) is 1. The maximum absolute atomic E-state index is 12.8. The molecule has 2 amide bonds. The second kappa shape index (κ2) is 8.44. The first-order valence-corrected chi connectivity index (χ1v) is 9.89. The van der Waals surface area contributed by atoms with Gasteiger partial charge in [0.25, 0.3) is 0 Å². The molecule has 3 aromatic heterocycles. The van der Waals surface area contributed by atoms with Crippen LogP contribution in [0.2, 0.25) is 0 Å². The third kappa shape index (κ3) is 4.37. The Balaban J connectivity index is 1.29. The summed E-state index contributed by atoms with van der Waals surface area (Å²) in [5.41, 5.74) is 1.71. The minimum Gasteiger partial charge on any atom is -0.355 e. The largest absolute Gasteiger partial charge is 0.355 e. The zero-order valence-electron chi connectivity index (χ0n) is 17.0. The van der Waals surface area contributed by atoms with E-state index in [1.807, 2.05) is 25.1 Å². The molecule has 0 aromatic carbocycles. The van der Waals surface area contributed by atoms with Gasteiger partial charge in [0.05, 0.1) is 6.54 Å². The highest BCUT2D eigenvalue weighted by Crippen LogP contribution is 2.23. The fraction of sp³-hybridized carbons (Fsp3) is 0.400. The van der Waals surface area contributed by atoms with Gasteiger partial charge in [0.15, 0.2) is 5.65 Å². The van der Waals surface area contributed by atoms with E-state index in [1.165, 1.54) is 4.90 Å². The van der Waals surface area contributed by atoms with E-state index in [0.29, 0.717) is 24.3 Å². The molecule has 4 heterocycles. The predicted octanol–water partition coefficient (Wildman–Crippen LogP) is 1.14. The molecule has 1 aliphatic heterocycles. The highest BCUT2D eigenvalue weighted by molar-refractivity contribution is 5.94. The quantitative estimate of drug-likeness (QED) is 0.674. The number of carbonyl (C=O) groups excluding carboxylic acids is 2. The number of piperidine rings is 1. The molecule has 0 atom stereocenters. The van der Waals surface area contributed by atoms with Gasteiger partial charge in [-0.1, -0.05) is 0 Å². The van der Waals surface area contributed by atoms with E-state index in [4.69, 9.17) is 0 Å². The van der Waals surface area contributed by atoms with E-state index in [2.05, 4.69) is 30.5 Å². The Morgan fingerprint density at radius 1 is 1.23 bits per heavy atom. The number of aromatic nitrogens is 5. The van der Waals surface area contributed by atoms with Crippen molar-refractivity contribution in [2.45, 2.75) is 19.8 Å². The number of hydrogen-bond acceptors (Lipinski definition) is 7. The van der Waals surface area contributed by atoms with Crippen LogP contribution in [0.3, 0.4) is 0 Å². The second-order valence-electron chi connectivity index (χ2n) is 7.55. The SMILES string of the molecule is Cc1ccnc(NC(=O)CN(C)C(=O)C2CCN(c3ccc4nncn4n3)CC2)c1. The van der Waals surface area contributed by atoms with E-state index in [0.717, 1.165) is 24.5 Å². The van der Waals surface area contributed by atoms with Crippen molar-refractivity contribution < 1.29 is 9.59 Å². The number of anilines is 2. The summed E-state index contributed by atoms with van der Waals surface area (Å²) < 4.78 is 1.64. The van der Waals surface area contributed by atoms with Crippen molar-refractivity contribution in [1.82, 2.24) is 29.7 Å². The third-order valence-corrected chi connectivity index (χ3v) is 5.26. The number of nitrogens with one attached hydrogen (secondary N) is 1. The highest BCUT2D eigenvalue weighted by Gasteiger charge is 2.28. The van der Waals surface area contributed by atoms with Gasteiger partial charge in [-0.3, -0.25) is 9.59 Å². The van der Waals surface area contributed by atoms with Gasteiger partial charge in [-0.05, 0) is 49.6 Å². The number of amides is 2. The van der Waals surface area contributed by atoms with Crippen LogP contribution in [0, 0.1) is 12.8 Å². The first kappa shape index (κ1) is 19.7. The van der Waals surface area contributed by atoms with Crippen molar-refractivity contribution >= 4 is 29.1 Å². The maximum atomic E-state index is 12.8. The molecule has 10 nitrogen and oxygen atoms in total. The molecule has 3 aromatic rings. The van der Waals surface area contributed by atoms with Crippen LogP contribution >= 0.6 is 0 Å². The van der Waals surface area contributed by atoms with Crippen molar-refractivity contribution in [3.05, 3.63) is 42.4 Å². The lowest BCUT2D eigenvalue weighted by atomic mass is 9.95. The first-order valence-electron chi connectivity index (χ1n) is 9.89. The normalized spacial score (nSPS) is 14.7. The fourth-order valence-corrected chi connectivity index (χ4v) is 3.63. The molecule has 0 unspecified atom stereocenters. The number of fused-ring (bicyclic) bond motifs is 1. The van der Waals surface area contributed by atoms with Crippen LogP contribution in [0.5, 0.6) is 0 Å². The van der Waals surface area contributed by atoms with Crippen LogP contribution in [0.1, 0.15) is 18.4 Å². The van der Waals surface area contributed by atoms with E-state index in [9.17, 15) is 9.59 Å². The standard InChI is InChI=1S/C20H24N8O2/c1-14-5-8-21-16(11-14)23-19(29)12-26(2)20(30)15-6-9-27(10-7-15)18-4-3-17-24-22-13-28(17)25-18/h3-5,8,11,13,15H,6-7,9-10,12H2,1-2H3,(H,21,23,29). The van der Waals surface area contributed by atoms with E-state index in [1.54, 1.807) is 30.2 Å². The first-order chi connectivity index (χ1) is 14.5. The number of carbonyl (C=O) groups is 2. The summed E-state index contributed by atoms with van der Waals surface area (Å²) >= 11 is 0. The molecule has 0 bridgehead atoms. The van der Waals surface area contributed by atoms with Crippen LogP contribution in [-0.2, 0) is 9.59 Å². The van der Waals surface area contributed by atoms with Gasteiger partial charge in [0.2, 0.25) is 11.8 Å². The Kier molecular flexibility index (Phi) is 5.55. The monoisotopic (exact) mass is 408 g/mol. The van der Waals surface area contributed by atoms with Crippen LogP contribution in [0.4, 0.5) is 11.6 Å². The van der Waals surface area contributed by atoms with Gasteiger partial charge in [0.1, 0.15) is 18.0 Å². The van der Waals surface area contributed by atoms with Gasteiger partial charge < -0.3 is 15.1 Å². The topological polar surface area (TPSA) is 109 Å². The highest BCUT2D eigenvalue weighted by atomic mass is 16.2. The lowest BCUT2D eigenvalue weighted by molar-refractivity contribution is -0.137. The van der Waals surface area contributed by atoms with Gasteiger partial charge in [0, 0.05) is 32.3 Å². The van der Waals surface area contributed by atoms with Gasteiger partial charge in [-0.2, -0.15) is 4.52 Å². The van der Waals surface area contributed by atoms with Crippen molar-refractivity contribution in [2.75, 3.05) is 36.9 Å². The van der Waals surface area contributed by atoms with Crippen LogP contribution in [0.15, 0.2) is 36.8 Å². The van der Waals surface area contributed by atoms with E-state index in [-0.39, 0.29) is 24.3 Å². The number of rotatable bonds is 5. The summed E-state index contributed by atoms with van der Waals surface area (Å²) in [5.74, 6) is 0.963. The molecule has 30 heavy (non-hydrogen) atoms. The Labute approximate surface area is 173 Å². The summed E-state index contributed by atoms with van der Waals surface area (Å²) in [7, 11) is 1.67. The summed E-state index contributed by atoms with van der Waals surface area (Å²) in [6.07, 6.45) is 4.64. The molecule has 4 rings (SSSR count). The average Bonchev–Trinajstić information content (AvgIpc) is 3.21. The van der Waals surface area contributed by atoms with Crippen molar-refractivity contribution in [3.8, 4) is 0 Å². The van der Waals surface area contributed by atoms with Crippen molar-refractivity contribution in [3.63, 3.8) is 0 Å². The lowest BCUT2D eigenvalue weighted by Gasteiger charge is -2.33. The molecular formula is C20H24N8O2. The molecular weight excluding hydrogens is 384 g/mol. The molecule has 1 saturated heterocycles. The van der Waals surface area contributed by atoms with Crippen molar-refractivity contribution in [2.24, 2.45) is 5.92 Å². The fourth-order valence-electron chi connectivity index (χ4n) is 3.63. The summed E-state index contributed by atoms with van der Waals surface area (Å²) in [6, 6.07) is 7.45. The zero-order valence-corrected chi connectivity index (χ0v) is 17.0. The number of aryl methyl sites for hydroxylation is 1. The molecule has 156 valence electrons. The number of nitrogens with zero attached hydrogens (tertiary/aromatic N) is 7. The minimum absolute atomic E-state index is 0.000518. The van der Waals surface area contributed by atoms with Crippen LogP contribution in [0.25, 0.3) is 5.65 Å². The van der Waals surface area contributed by atoms with E-state index < -0.39 is 0 Å². The Morgan fingerprint density at radius 2 is 2.03 bits per heavy atom. The molecule has 10 heteroatoms. The maximum Gasteiger partial charge on any atom is 0.245 e. The molecule has 0 aliphatic carbocycles. The van der Waals surface area contributed by atoms with Gasteiger partial charge in [-0.25, -0.2) is 4.98 Å². The summed E-state index contributed by atoms with van der Waals surface area (Å²) in [4.78, 5) is 32.8. The lowest BCUT2D eigenvalue weighted by Crippen LogP contribution is -2.43. The van der Waals surface area contributed by atoms with Crippen LogP contribution in [-0.4, -0.2) is 68.2 Å². The summed E-state index contributed by atoms with van der Waals surface area (Å²) in [5, 5.41) is 15.1. The van der Waals surface area contributed by atoms with Crippen LogP contribution < -0.4 is 10.2 Å². The number of likely N-dealkylation sites (N-methyl/N-ethyl adjacent to an activating group) is 1. The summed E-state index contributed by atoms with van der Waals surface area (Å²) in [6.45, 7) is 3.38. The number of pyridine rings is 1. The minimum atomic E-state index is -0.257. The van der Waals surface area contributed by atoms with Gasteiger partial charge in [-0.15, -0.1) is 15.3 Å². The van der Waals surface area contributed by atoms with Crippen molar-refractivity contribution in [1.29, 1.82) is 0 Å². The Morgan fingerprint density at radius 3 is 2.80 bits per heavy atom. The van der Waals surface area contributed by atoms with Gasteiger partial charge >= 0.3 is 0 Å². The molecule has 0 radical (unpaired) electrons. The van der Waals surface area contributed by atoms with E-state index >= 15 is 0 Å². The average molecular weight is 408 g/mol. The predicted molar refractivity (Wildman–Crippen MR) is 111 cm³/mol. The molecule has 0 spiro atoms. The molecule has 1 N–H and O–H groups in total. The third-order valence-electron chi connectivity index (χ3n) is 5.26. The zero-order chi connectivity index (χ0) is 21.1. The molecule has 1 aliphatic rings.